The van der Waals surface area contributed by atoms with Gasteiger partial charge in [0.05, 0.1) is 29.7 Å². The first-order valence-electron chi connectivity index (χ1n) is 10.1. The number of ether oxygens (including phenoxy) is 1. The Morgan fingerprint density at radius 3 is 2.50 bits per heavy atom. The summed E-state index contributed by atoms with van der Waals surface area (Å²) in [6.07, 6.45) is 0. The number of halogens is 4. The van der Waals surface area contributed by atoms with Gasteiger partial charge in [-0.3, -0.25) is 15.0 Å². The van der Waals surface area contributed by atoms with E-state index < -0.39 is 10.3 Å². The molecule has 0 spiro atoms. The second kappa shape index (κ2) is 9.37. The third kappa shape index (κ3) is 5.01. The summed E-state index contributed by atoms with van der Waals surface area (Å²) in [7, 11) is 0. The first-order valence-corrected chi connectivity index (χ1v) is 11.6. The minimum Gasteiger partial charge on any atom is -0.379 e. The fourth-order valence-electron chi connectivity index (χ4n) is 3.89. The van der Waals surface area contributed by atoms with Crippen molar-refractivity contribution in [1.29, 1.82) is 0 Å². The fraction of sp³-hybridized carbons (Fsp3) is 0.364. The molecule has 0 aromatic heterocycles. The number of aryl methyl sites for hydroxylation is 1. The first kappa shape index (κ1) is 23.6. The summed E-state index contributed by atoms with van der Waals surface area (Å²) in [5.74, 6) is -1.76. The minimum absolute atomic E-state index is 0.247. The molecule has 0 radical (unpaired) electrons. The average molecular weight is 517 g/mol. The predicted molar refractivity (Wildman–Crippen MR) is 127 cm³/mol. The second-order valence-corrected chi connectivity index (χ2v) is 10.2. The van der Waals surface area contributed by atoms with Crippen molar-refractivity contribution < 1.29 is 14.3 Å². The van der Waals surface area contributed by atoms with Crippen LogP contribution in [0.5, 0.6) is 0 Å². The van der Waals surface area contributed by atoms with Crippen LogP contribution in [0.1, 0.15) is 27.4 Å². The Morgan fingerprint density at radius 1 is 1.09 bits per heavy atom. The quantitative estimate of drug-likeness (QED) is 0.560. The minimum atomic E-state index is -1.25. The molecule has 1 aliphatic carbocycles. The smallest absolute Gasteiger partial charge is 0.267 e. The van der Waals surface area contributed by atoms with Gasteiger partial charge in [0.2, 0.25) is 5.91 Å². The Hall–Kier alpha value is -1.54. The SMILES string of the molecule is Cc1cc(Cl)cc(C2C(C(=O)Nc3ccc(Cl)c(C(=O)NN4CCOCC4)c3)C2(Cl)Cl)c1. The number of carbonyl (C=O) groups excluding carboxylic acids is 2. The van der Waals surface area contributed by atoms with Crippen LogP contribution in [-0.2, 0) is 9.53 Å². The molecule has 4 rings (SSSR count). The van der Waals surface area contributed by atoms with E-state index in [4.69, 9.17) is 51.1 Å². The van der Waals surface area contributed by atoms with E-state index in [1.54, 1.807) is 23.2 Å². The van der Waals surface area contributed by atoms with Gasteiger partial charge in [-0.2, -0.15) is 0 Å². The Kier molecular flexibility index (Phi) is 6.92. The van der Waals surface area contributed by atoms with Crippen molar-refractivity contribution in [3.63, 3.8) is 0 Å². The van der Waals surface area contributed by atoms with E-state index in [1.807, 2.05) is 19.1 Å². The van der Waals surface area contributed by atoms with Gasteiger partial charge in [-0.05, 0) is 48.4 Å². The lowest BCUT2D eigenvalue weighted by molar-refractivity contribution is -0.117. The molecule has 2 unspecified atom stereocenters. The highest BCUT2D eigenvalue weighted by Crippen LogP contribution is 2.65. The molecule has 2 N–H and O–H groups in total. The highest BCUT2D eigenvalue weighted by molar-refractivity contribution is 6.53. The maximum absolute atomic E-state index is 13.0. The number of amides is 2. The summed E-state index contributed by atoms with van der Waals surface area (Å²) in [5, 5.41) is 5.40. The zero-order chi connectivity index (χ0) is 23.0. The van der Waals surface area contributed by atoms with Gasteiger partial charge in [-0.15, -0.1) is 23.2 Å². The molecule has 1 saturated carbocycles. The van der Waals surface area contributed by atoms with Crippen molar-refractivity contribution in [3.05, 3.63) is 63.1 Å². The van der Waals surface area contributed by atoms with Crippen LogP contribution in [0.3, 0.4) is 0 Å². The van der Waals surface area contributed by atoms with Crippen LogP contribution in [0.25, 0.3) is 0 Å². The molecule has 2 aromatic carbocycles. The lowest BCUT2D eigenvalue weighted by Crippen LogP contribution is -2.48. The lowest BCUT2D eigenvalue weighted by Gasteiger charge is -2.27. The number of alkyl halides is 2. The number of hydrogen-bond acceptors (Lipinski definition) is 4. The molecule has 1 saturated heterocycles. The molecule has 6 nitrogen and oxygen atoms in total. The molecular weight excluding hydrogens is 496 g/mol. The van der Waals surface area contributed by atoms with Crippen molar-refractivity contribution in [3.8, 4) is 0 Å². The largest absolute Gasteiger partial charge is 0.379 e. The van der Waals surface area contributed by atoms with Crippen molar-refractivity contribution in [2.75, 3.05) is 31.6 Å². The second-order valence-electron chi connectivity index (χ2n) is 7.92. The molecule has 2 amide bonds. The zero-order valence-electron chi connectivity index (χ0n) is 17.1. The van der Waals surface area contributed by atoms with Crippen molar-refractivity contribution >= 4 is 63.9 Å². The summed E-state index contributed by atoms with van der Waals surface area (Å²) in [4.78, 5) is 25.6. The van der Waals surface area contributed by atoms with Crippen LogP contribution in [0.4, 0.5) is 5.69 Å². The van der Waals surface area contributed by atoms with Crippen LogP contribution < -0.4 is 10.7 Å². The summed E-state index contributed by atoms with van der Waals surface area (Å²) in [5.41, 5.74) is 5.24. The Labute approximate surface area is 206 Å². The lowest BCUT2D eigenvalue weighted by atomic mass is 10.1. The molecule has 10 heteroatoms. The molecular formula is C22H21Cl4N3O3. The number of morpholine rings is 1. The molecule has 1 heterocycles. The summed E-state index contributed by atoms with van der Waals surface area (Å²) in [6.45, 7) is 4.15. The van der Waals surface area contributed by atoms with E-state index in [-0.39, 0.29) is 28.3 Å². The summed E-state index contributed by atoms with van der Waals surface area (Å²) in [6, 6.07) is 10.2. The normalized spacial score (nSPS) is 22.3. The third-order valence-corrected chi connectivity index (χ3v) is 7.00. The predicted octanol–water partition coefficient (Wildman–Crippen LogP) is 4.80. The van der Waals surface area contributed by atoms with Crippen LogP contribution in [-0.4, -0.2) is 47.5 Å². The number of hydrazine groups is 1. The van der Waals surface area contributed by atoms with Gasteiger partial charge in [0.1, 0.15) is 4.33 Å². The van der Waals surface area contributed by atoms with Gasteiger partial charge < -0.3 is 10.1 Å². The van der Waals surface area contributed by atoms with Gasteiger partial charge >= 0.3 is 0 Å². The van der Waals surface area contributed by atoms with Crippen molar-refractivity contribution in [2.24, 2.45) is 5.92 Å². The standard InChI is InChI=1S/C22H21Cl4N3O3/c1-12-8-13(10-14(23)9-12)18-19(22(18,25)26)21(31)27-15-2-3-17(24)16(11-15)20(30)28-29-4-6-32-7-5-29/h2-3,8-11,18-19H,4-7H2,1H3,(H,27,31)(H,28,30). The molecule has 2 fully saturated rings. The highest BCUT2D eigenvalue weighted by atomic mass is 35.5. The van der Waals surface area contributed by atoms with Crippen molar-refractivity contribution in [1.82, 2.24) is 10.4 Å². The van der Waals surface area contributed by atoms with Crippen LogP contribution in [0, 0.1) is 12.8 Å². The average Bonchev–Trinajstić information content (AvgIpc) is 3.31. The number of rotatable bonds is 5. The van der Waals surface area contributed by atoms with E-state index >= 15 is 0 Å². The molecule has 2 aromatic rings. The molecule has 2 atom stereocenters. The Morgan fingerprint density at radius 2 is 1.81 bits per heavy atom. The number of carbonyl (C=O) groups is 2. The van der Waals surface area contributed by atoms with Gasteiger partial charge in [0.15, 0.2) is 0 Å². The monoisotopic (exact) mass is 515 g/mol. The summed E-state index contributed by atoms with van der Waals surface area (Å²) >= 11 is 25.3. The van der Waals surface area contributed by atoms with Gasteiger partial charge in [0.25, 0.3) is 5.91 Å². The van der Waals surface area contributed by atoms with E-state index in [2.05, 4.69) is 10.7 Å². The van der Waals surface area contributed by atoms with Crippen LogP contribution in [0.2, 0.25) is 10.0 Å². The fourth-order valence-corrected chi connectivity index (χ4v) is 5.22. The molecule has 170 valence electrons. The Balaban J connectivity index is 1.47. The van der Waals surface area contributed by atoms with E-state index in [0.29, 0.717) is 37.0 Å². The topological polar surface area (TPSA) is 70.7 Å². The van der Waals surface area contributed by atoms with Crippen molar-refractivity contribution in [2.45, 2.75) is 17.2 Å². The maximum Gasteiger partial charge on any atom is 0.267 e. The molecule has 32 heavy (non-hydrogen) atoms. The maximum atomic E-state index is 13.0. The number of nitrogens with zero attached hydrogens (tertiary/aromatic N) is 1. The first-order chi connectivity index (χ1) is 15.2. The van der Waals surface area contributed by atoms with Gasteiger partial charge in [-0.1, -0.05) is 29.3 Å². The van der Waals surface area contributed by atoms with Gasteiger partial charge in [-0.25, -0.2) is 5.01 Å². The number of nitrogens with one attached hydrogen (secondary N) is 2. The number of anilines is 1. The Bertz CT molecular complexity index is 1040. The van der Waals surface area contributed by atoms with Crippen LogP contribution >= 0.6 is 46.4 Å². The number of hydrogen-bond donors (Lipinski definition) is 2. The molecule has 0 bridgehead atoms. The molecule has 1 aliphatic heterocycles. The van der Waals surface area contributed by atoms with Gasteiger partial charge in [0, 0.05) is 29.7 Å². The number of benzene rings is 2. The zero-order valence-corrected chi connectivity index (χ0v) is 20.2. The van der Waals surface area contributed by atoms with E-state index in [9.17, 15) is 9.59 Å². The van der Waals surface area contributed by atoms with Crippen LogP contribution in [0.15, 0.2) is 36.4 Å². The molecule has 2 aliphatic rings. The van der Waals surface area contributed by atoms with E-state index in [1.165, 1.54) is 6.07 Å². The summed E-state index contributed by atoms with van der Waals surface area (Å²) < 4.78 is 4.03. The van der Waals surface area contributed by atoms with E-state index in [0.717, 1.165) is 11.1 Å². The highest BCUT2D eigenvalue weighted by Gasteiger charge is 2.67. The third-order valence-electron chi connectivity index (χ3n) is 5.51.